The molecule has 0 aromatic carbocycles. The Bertz CT molecular complexity index is 242. The standard InChI is InChI=1S/C14H27NO2/c1-4-11(3)10-12(5-2)15-9-7-6-8-13(15)14(16)17/h11-13H,4-10H2,1-3H3,(H,16,17). The molecule has 0 saturated carbocycles. The Morgan fingerprint density at radius 2 is 2.06 bits per heavy atom. The van der Waals surface area contributed by atoms with Crippen molar-refractivity contribution in [3.05, 3.63) is 0 Å². The topological polar surface area (TPSA) is 40.5 Å². The van der Waals surface area contributed by atoms with Crippen LogP contribution in [0.1, 0.15) is 59.3 Å². The van der Waals surface area contributed by atoms with Crippen molar-refractivity contribution < 1.29 is 9.90 Å². The lowest BCUT2D eigenvalue weighted by atomic mass is 9.92. The van der Waals surface area contributed by atoms with E-state index < -0.39 is 5.97 Å². The molecular weight excluding hydrogens is 214 g/mol. The Morgan fingerprint density at radius 3 is 2.59 bits per heavy atom. The van der Waals surface area contributed by atoms with Gasteiger partial charge in [-0.25, -0.2) is 0 Å². The number of hydrogen-bond donors (Lipinski definition) is 1. The minimum atomic E-state index is -0.632. The molecule has 1 rings (SSSR count). The maximum Gasteiger partial charge on any atom is 0.320 e. The summed E-state index contributed by atoms with van der Waals surface area (Å²) in [7, 11) is 0. The maximum atomic E-state index is 11.3. The third kappa shape index (κ3) is 3.98. The molecule has 1 heterocycles. The fraction of sp³-hybridized carbons (Fsp3) is 0.929. The maximum absolute atomic E-state index is 11.3. The second kappa shape index (κ2) is 7.00. The summed E-state index contributed by atoms with van der Waals surface area (Å²) in [5.74, 6) is 0.0589. The van der Waals surface area contributed by atoms with Gasteiger partial charge in [-0.15, -0.1) is 0 Å². The van der Waals surface area contributed by atoms with Crippen molar-refractivity contribution in [3.63, 3.8) is 0 Å². The lowest BCUT2D eigenvalue weighted by Crippen LogP contribution is -2.50. The van der Waals surface area contributed by atoms with Crippen molar-refractivity contribution in [3.8, 4) is 0 Å². The first-order valence-corrected chi connectivity index (χ1v) is 7.08. The quantitative estimate of drug-likeness (QED) is 0.776. The van der Waals surface area contributed by atoms with Crippen molar-refractivity contribution in [1.29, 1.82) is 0 Å². The molecule has 1 N–H and O–H groups in total. The van der Waals surface area contributed by atoms with Crippen LogP contribution in [0.3, 0.4) is 0 Å². The smallest absolute Gasteiger partial charge is 0.320 e. The average Bonchev–Trinajstić information content (AvgIpc) is 2.35. The zero-order valence-corrected chi connectivity index (χ0v) is 11.5. The monoisotopic (exact) mass is 241 g/mol. The summed E-state index contributed by atoms with van der Waals surface area (Å²) in [4.78, 5) is 13.5. The lowest BCUT2D eigenvalue weighted by Gasteiger charge is -2.39. The van der Waals surface area contributed by atoms with E-state index in [2.05, 4.69) is 25.7 Å². The third-order valence-electron chi connectivity index (χ3n) is 4.14. The van der Waals surface area contributed by atoms with E-state index in [-0.39, 0.29) is 6.04 Å². The molecule has 0 amide bonds. The van der Waals surface area contributed by atoms with Crippen LogP contribution < -0.4 is 0 Å². The van der Waals surface area contributed by atoms with Gasteiger partial charge in [-0.3, -0.25) is 9.69 Å². The van der Waals surface area contributed by atoms with Gasteiger partial charge in [0.15, 0.2) is 0 Å². The van der Waals surface area contributed by atoms with E-state index in [1.807, 2.05) is 0 Å². The molecule has 1 saturated heterocycles. The zero-order chi connectivity index (χ0) is 12.8. The van der Waals surface area contributed by atoms with Crippen molar-refractivity contribution in [2.75, 3.05) is 6.54 Å². The van der Waals surface area contributed by atoms with Gasteiger partial charge in [-0.2, -0.15) is 0 Å². The van der Waals surface area contributed by atoms with E-state index in [1.54, 1.807) is 0 Å². The Kier molecular flexibility index (Phi) is 5.96. The molecule has 1 fully saturated rings. The largest absolute Gasteiger partial charge is 0.480 e. The minimum Gasteiger partial charge on any atom is -0.480 e. The molecule has 0 aliphatic carbocycles. The number of carboxylic acid groups (broad SMARTS) is 1. The summed E-state index contributed by atoms with van der Waals surface area (Å²) < 4.78 is 0. The highest BCUT2D eigenvalue weighted by molar-refractivity contribution is 5.73. The van der Waals surface area contributed by atoms with Gasteiger partial charge in [-0.05, 0) is 38.1 Å². The summed E-state index contributed by atoms with van der Waals surface area (Å²) in [5, 5.41) is 9.30. The molecule has 3 unspecified atom stereocenters. The van der Waals surface area contributed by atoms with E-state index in [0.717, 1.165) is 38.6 Å². The third-order valence-corrected chi connectivity index (χ3v) is 4.14. The summed E-state index contributed by atoms with van der Waals surface area (Å²) in [5.41, 5.74) is 0. The number of aliphatic carboxylic acids is 1. The van der Waals surface area contributed by atoms with Crippen LogP contribution in [0.5, 0.6) is 0 Å². The summed E-state index contributed by atoms with van der Waals surface area (Å²) in [6.07, 6.45) is 6.42. The first kappa shape index (κ1) is 14.5. The number of hydrogen-bond acceptors (Lipinski definition) is 2. The fourth-order valence-corrected chi connectivity index (χ4v) is 2.82. The molecule has 3 heteroatoms. The van der Waals surface area contributed by atoms with Gasteiger partial charge in [0.05, 0.1) is 0 Å². The van der Waals surface area contributed by atoms with Crippen LogP contribution in [0.25, 0.3) is 0 Å². The van der Waals surface area contributed by atoms with E-state index >= 15 is 0 Å². The minimum absolute atomic E-state index is 0.238. The van der Waals surface area contributed by atoms with Crippen LogP contribution in [-0.2, 0) is 4.79 Å². The number of rotatable bonds is 6. The average molecular weight is 241 g/mol. The van der Waals surface area contributed by atoms with Crippen LogP contribution in [0, 0.1) is 5.92 Å². The SMILES string of the molecule is CCC(C)CC(CC)N1CCCCC1C(=O)O. The van der Waals surface area contributed by atoms with E-state index in [4.69, 9.17) is 0 Å². The molecule has 0 spiro atoms. The number of carbonyl (C=O) groups is 1. The number of piperidine rings is 1. The first-order chi connectivity index (χ1) is 8.10. The van der Waals surface area contributed by atoms with Crippen molar-refractivity contribution in [2.45, 2.75) is 71.4 Å². The van der Waals surface area contributed by atoms with E-state index in [1.165, 1.54) is 6.42 Å². The first-order valence-electron chi connectivity index (χ1n) is 7.08. The molecule has 0 radical (unpaired) electrons. The van der Waals surface area contributed by atoms with Gasteiger partial charge in [-0.1, -0.05) is 33.6 Å². The molecule has 0 bridgehead atoms. The van der Waals surface area contributed by atoms with Gasteiger partial charge in [0.1, 0.15) is 6.04 Å². The molecular formula is C14H27NO2. The summed E-state index contributed by atoms with van der Waals surface area (Å²) >= 11 is 0. The van der Waals surface area contributed by atoms with Crippen LogP contribution in [0.4, 0.5) is 0 Å². The second-order valence-electron chi connectivity index (χ2n) is 5.40. The number of carboxylic acids is 1. The Morgan fingerprint density at radius 1 is 1.35 bits per heavy atom. The van der Waals surface area contributed by atoms with Crippen molar-refractivity contribution in [2.24, 2.45) is 5.92 Å². The van der Waals surface area contributed by atoms with Crippen LogP contribution in [0.15, 0.2) is 0 Å². The van der Waals surface area contributed by atoms with Gasteiger partial charge in [0.2, 0.25) is 0 Å². The molecule has 17 heavy (non-hydrogen) atoms. The zero-order valence-electron chi connectivity index (χ0n) is 11.5. The van der Waals surface area contributed by atoms with E-state index in [9.17, 15) is 9.90 Å². The van der Waals surface area contributed by atoms with Crippen LogP contribution >= 0.6 is 0 Å². The van der Waals surface area contributed by atoms with Gasteiger partial charge in [0, 0.05) is 6.04 Å². The Labute approximate surface area is 105 Å². The highest BCUT2D eigenvalue weighted by Crippen LogP contribution is 2.25. The van der Waals surface area contributed by atoms with Gasteiger partial charge in [0.25, 0.3) is 0 Å². The Hall–Kier alpha value is -0.570. The molecule has 0 aromatic heterocycles. The fourth-order valence-electron chi connectivity index (χ4n) is 2.82. The summed E-state index contributed by atoms with van der Waals surface area (Å²) in [6.45, 7) is 7.62. The lowest BCUT2D eigenvalue weighted by molar-refractivity contribution is -0.146. The summed E-state index contributed by atoms with van der Waals surface area (Å²) in [6, 6.07) is 0.212. The molecule has 1 aliphatic heterocycles. The van der Waals surface area contributed by atoms with Crippen LogP contribution in [0.2, 0.25) is 0 Å². The molecule has 100 valence electrons. The molecule has 1 aliphatic rings. The number of nitrogens with zero attached hydrogens (tertiary/aromatic N) is 1. The highest BCUT2D eigenvalue weighted by atomic mass is 16.4. The van der Waals surface area contributed by atoms with E-state index in [0.29, 0.717) is 12.0 Å². The second-order valence-corrected chi connectivity index (χ2v) is 5.40. The number of likely N-dealkylation sites (tertiary alicyclic amines) is 1. The molecule has 0 aromatic rings. The highest BCUT2D eigenvalue weighted by Gasteiger charge is 2.32. The normalized spacial score (nSPS) is 25.5. The van der Waals surface area contributed by atoms with Crippen molar-refractivity contribution >= 4 is 5.97 Å². The predicted molar refractivity (Wildman–Crippen MR) is 70.1 cm³/mol. The Balaban J connectivity index is 2.66. The van der Waals surface area contributed by atoms with Crippen molar-refractivity contribution in [1.82, 2.24) is 4.90 Å². The molecule has 3 atom stereocenters. The van der Waals surface area contributed by atoms with Gasteiger partial charge >= 0.3 is 5.97 Å². The predicted octanol–water partition coefficient (Wildman–Crippen LogP) is 3.14. The van der Waals surface area contributed by atoms with Crippen LogP contribution in [-0.4, -0.2) is 34.6 Å². The van der Waals surface area contributed by atoms with Gasteiger partial charge < -0.3 is 5.11 Å². The molecule has 3 nitrogen and oxygen atoms in total.